The second-order valence-corrected chi connectivity index (χ2v) is 4.54. The van der Waals surface area contributed by atoms with Gasteiger partial charge in [-0.15, -0.1) is 0 Å². The summed E-state index contributed by atoms with van der Waals surface area (Å²) < 4.78 is 1.30. The summed E-state index contributed by atoms with van der Waals surface area (Å²) in [6, 6.07) is 6.58. The first-order chi connectivity index (χ1) is 9.56. The Morgan fingerprint density at radius 2 is 2.20 bits per heavy atom. The minimum atomic E-state index is -0.248. The molecule has 0 unspecified atom stereocenters. The minimum Gasteiger partial charge on any atom is -0.398 e. The average molecular weight is 272 g/mol. The zero-order valence-electron chi connectivity index (χ0n) is 11.2. The van der Waals surface area contributed by atoms with Gasteiger partial charge < -0.3 is 15.2 Å². The van der Waals surface area contributed by atoms with Crippen LogP contribution in [0.2, 0.25) is 0 Å². The Bertz CT molecular complexity index is 652. The largest absolute Gasteiger partial charge is 0.398 e. The number of pyridine rings is 2. The zero-order valence-corrected chi connectivity index (χ0v) is 11.2. The molecule has 20 heavy (non-hydrogen) atoms. The van der Waals surface area contributed by atoms with Gasteiger partial charge in [0.25, 0.3) is 5.56 Å². The third-order valence-corrected chi connectivity index (χ3v) is 2.88. The highest BCUT2D eigenvalue weighted by Crippen LogP contribution is 2.02. The fourth-order valence-corrected chi connectivity index (χ4v) is 1.79. The highest BCUT2D eigenvalue weighted by atomic mass is 16.2. The van der Waals surface area contributed by atoms with Crippen molar-refractivity contribution in [2.45, 2.75) is 13.1 Å². The second kappa shape index (κ2) is 6.01. The van der Waals surface area contributed by atoms with Crippen LogP contribution >= 0.6 is 0 Å². The fourth-order valence-electron chi connectivity index (χ4n) is 1.79. The zero-order chi connectivity index (χ0) is 14.5. The summed E-state index contributed by atoms with van der Waals surface area (Å²) >= 11 is 0. The Morgan fingerprint density at radius 1 is 1.40 bits per heavy atom. The maximum Gasteiger partial charge on any atom is 0.251 e. The van der Waals surface area contributed by atoms with E-state index in [0.29, 0.717) is 12.2 Å². The van der Waals surface area contributed by atoms with Crippen LogP contribution in [0.15, 0.2) is 47.7 Å². The van der Waals surface area contributed by atoms with Crippen LogP contribution < -0.4 is 11.3 Å². The number of amides is 1. The van der Waals surface area contributed by atoms with Crippen molar-refractivity contribution in [3.63, 3.8) is 0 Å². The lowest BCUT2D eigenvalue weighted by atomic mass is 10.2. The molecule has 0 aromatic carbocycles. The summed E-state index contributed by atoms with van der Waals surface area (Å²) in [5.74, 6) is -0.165. The van der Waals surface area contributed by atoms with E-state index in [4.69, 9.17) is 5.73 Å². The predicted octanol–water partition coefficient (Wildman–Crippen LogP) is 0.484. The molecule has 1 amide bonds. The van der Waals surface area contributed by atoms with E-state index in [1.165, 1.54) is 22.9 Å². The summed E-state index contributed by atoms with van der Waals surface area (Å²) in [6.07, 6.45) is 4.85. The van der Waals surface area contributed by atoms with Gasteiger partial charge in [-0.2, -0.15) is 0 Å². The number of anilines is 1. The predicted molar refractivity (Wildman–Crippen MR) is 75.8 cm³/mol. The molecule has 2 heterocycles. The van der Waals surface area contributed by atoms with Crippen LogP contribution in [0.1, 0.15) is 5.56 Å². The summed E-state index contributed by atoms with van der Waals surface area (Å²) in [7, 11) is 1.69. The van der Waals surface area contributed by atoms with Crippen molar-refractivity contribution in [1.29, 1.82) is 0 Å². The van der Waals surface area contributed by atoms with Gasteiger partial charge in [0.05, 0.1) is 0 Å². The Hall–Kier alpha value is -2.63. The minimum absolute atomic E-state index is 0.0271. The van der Waals surface area contributed by atoms with Gasteiger partial charge in [-0.25, -0.2) is 0 Å². The van der Waals surface area contributed by atoms with Crippen LogP contribution in [0.4, 0.5) is 5.69 Å². The molecule has 0 aliphatic rings. The normalized spacial score (nSPS) is 10.2. The SMILES string of the molecule is CN(Cc1cccnc1)C(=O)Cn1cc(N)ccc1=O. The lowest BCUT2D eigenvalue weighted by molar-refractivity contribution is -0.131. The van der Waals surface area contributed by atoms with Gasteiger partial charge in [-0.3, -0.25) is 14.6 Å². The number of rotatable bonds is 4. The van der Waals surface area contributed by atoms with Crippen molar-refractivity contribution in [1.82, 2.24) is 14.5 Å². The van der Waals surface area contributed by atoms with Gasteiger partial charge in [-0.1, -0.05) is 6.07 Å². The third kappa shape index (κ3) is 3.44. The number of hydrogen-bond acceptors (Lipinski definition) is 4. The van der Waals surface area contributed by atoms with Gasteiger partial charge >= 0.3 is 0 Å². The number of hydrogen-bond donors (Lipinski definition) is 1. The van der Waals surface area contributed by atoms with Crippen molar-refractivity contribution in [3.8, 4) is 0 Å². The number of nitrogens with two attached hydrogens (primary N) is 1. The quantitative estimate of drug-likeness (QED) is 0.878. The van der Waals surface area contributed by atoms with E-state index in [1.807, 2.05) is 12.1 Å². The first-order valence-electron chi connectivity index (χ1n) is 6.15. The molecule has 2 rings (SSSR count). The number of nitrogen functional groups attached to an aromatic ring is 1. The highest BCUT2D eigenvalue weighted by molar-refractivity contribution is 5.75. The van der Waals surface area contributed by atoms with Gasteiger partial charge in [0.2, 0.25) is 5.91 Å². The lowest BCUT2D eigenvalue weighted by Gasteiger charge is -2.17. The summed E-state index contributed by atoms with van der Waals surface area (Å²) in [4.78, 5) is 29.2. The molecule has 2 aromatic heterocycles. The molecule has 0 fully saturated rings. The fraction of sp³-hybridized carbons (Fsp3) is 0.214. The molecule has 104 valence electrons. The summed E-state index contributed by atoms with van der Waals surface area (Å²) in [6.45, 7) is 0.421. The van der Waals surface area contributed by atoms with E-state index < -0.39 is 0 Å². The van der Waals surface area contributed by atoms with Crippen molar-refractivity contribution in [2.24, 2.45) is 0 Å². The summed E-state index contributed by atoms with van der Waals surface area (Å²) in [5.41, 5.74) is 6.75. The van der Waals surface area contributed by atoms with E-state index in [2.05, 4.69) is 4.98 Å². The van der Waals surface area contributed by atoms with E-state index in [1.54, 1.807) is 24.3 Å². The standard InChI is InChI=1S/C14H16N4O2/c1-17(8-11-3-2-6-16-7-11)14(20)10-18-9-12(15)4-5-13(18)19/h2-7,9H,8,10,15H2,1H3. The number of carbonyl (C=O) groups is 1. The van der Waals surface area contributed by atoms with Crippen LogP contribution in [0, 0.1) is 0 Å². The van der Waals surface area contributed by atoms with Gasteiger partial charge in [0.1, 0.15) is 6.54 Å². The van der Waals surface area contributed by atoms with E-state index in [0.717, 1.165) is 5.56 Å². The van der Waals surface area contributed by atoms with Crippen LogP contribution in [0.25, 0.3) is 0 Å². The maximum atomic E-state index is 12.1. The van der Waals surface area contributed by atoms with Gasteiger partial charge in [0, 0.05) is 43.9 Å². The molecule has 0 saturated carbocycles. The smallest absolute Gasteiger partial charge is 0.251 e. The maximum absolute atomic E-state index is 12.1. The lowest BCUT2D eigenvalue weighted by Crippen LogP contribution is -2.33. The molecule has 6 heteroatoms. The molecular formula is C14H16N4O2. The molecule has 2 aromatic rings. The molecule has 0 aliphatic heterocycles. The van der Waals surface area contributed by atoms with E-state index >= 15 is 0 Å². The van der Waals surface area contributed by atoms with Crippen LogP contribution in [-0.2, 0) is 17.9 Å². The molecular weight excluding hydrogens is 256 g/mol. The number of carbonyl (C=O) groups excluding carboxylic acids is 1. The van der Waals surface area contributed by atoms with Crippen LogP contribution in [-0.4, -0.2) is 27.4 Å². The molecule has 0 radical (unpaired) electrons. The number of likely N-dealkylation sites (N-methyl/N-ethyl adjacent to an activating group) is 1. The molecule has 6 nitrogen and oxygen atoms in total. The first-order valence-corrected chi connectivity index (χ1v) is 6.15. The van der Waals surface area contributed by atoms with Crippen LogP contribution in [0.5, 0.6) is 0 Å². The molecule has 0 saturated heterocycles. The Kier molecular flexibility index (Phi) is 4.14. The highest BCUT2D eigenvalue weighted by Gasteiger charge is 2.11. The molecule has 0 aliphatic carbocycles. The first kappa shape index (κ1) is 13.8. The summed E-state index contributed by atoms with van der Waals surface area (Å²) in [5, 5.41) is 0. The third-order valence-electron chi connectivity index (χ3n) is 2.88. The van der Waals surface area contributed by atoms with Crippen molar-refractivity contribution in [2.75, 3.05) is 12.8 Å². The molecule has 0 bridgehead atoms. The van der Waals surface area contributed by atoms with Gasteiger partial charge in [-0.05, 0) is 17.7 Å². The molecule has 0 spiro atoms. The monoisotopic (exact) mass is 272 g/mol. The molecule has 2 N–H and O–H groups in total. The van der Waals surface area contributed by atoms with Crippen molar-refractivity contribution >= 4 is 11.6 Å². The van der Waals surface area contributed by atoms with Crippen molar-refractivity contribution in [3.05, 3.63) is 58.8 Å². The number of nitrogens with zero attached hydrogens (tertiary/aromatic N) is 3. The van der Waals surface area contributed by atoms with Gasteiger partial charge in [0.15, 0.2) is 0 Å². The number of aromatic nitrogens is 2. The molecule has 0 atom stereocenters. The van der Waals surface area contributed by atoms with E-state index in [9.17, 15) is 9.59 Å². The average Bonchev–Trinajstić information content (AvgIpc) is 2.44. The van der Waals surface area contributed by atoms with Crippen LogP contribution in [0.3, 0.4) is 0 Å². The Morgan fingerprint density at radius 3 is 2.90 bits per heavy atom. The Labute approximate surface area is 116 Å². The topological polar surface area (TPSA) is 81.2 Å². The van der Waals surface area contributed by atoms with Crippen molar-refractivity contribution < 1.29 is 4.79 Å². The van der Waals surface area contributed by atoms with E-state index in [-0.39, 0.29) is 18.0 Å². The Balaban J connectivity index is 2.04. The second-order valence-electron chi connectivity index (χ2n) is 4.54.